The molecule has 2 aliphatic rings. The first kappa shape index (κ1) is 16.2. The quantitative estimate of drug-likeness (QED) is 0.937. The van der Waals surface area contributed by atoms with Gasteiger partial charge in [0.05, 0.1) is 5.92 Å². The molecule has 2 aromatic carbocycles. The molecule has 4 nitrogen and oxygen atoms in total. The fourth-order valence-electron chi connectivity index (χ4n) is 4.11. The number of ether oxygens (including phenoxy) is 1. The summed E-state index contributed by atoms with van der Waals surface area (Å²) in [7, 11) is 0. The van der Waals surface area contributed by atoms with Gasteiger partial charge in [0.15, 0.2) is 0 Å². The summed E-state index contributed by atoms with van der Waals surface area (Å²) in [6.45, 7) is 2.57. The first-order valence-corrected chi connectivity index (χ1v) is 9.00. The molecule has 1 amide bonds. The van der Waals surface area contributed by atoms with Crippen LogP contribution in [0.2, 0.25) is 0 Å². The van der Waals surface area contributed by atoms with Crippen molar-refractivity contribution in [2.45, 2.75) is 12.3 Å². The van der Waals surface area contributed by atoms with E-state index in [9.17, 15) is 4.79 Å². The molecule has 25 heavy (non-hydrogen) atoms. The van der Waals surface area contributed by atoms with Gasteiger partial charge >= 0.3 is 0 Å². The molecular formula is C21H24N2O2. The lowest BCUT2D eigenvalue weighted by Crippen LogP contribution is -2.40. The van der Waals surface area contributed by atoms with Gasteiger partial charge in [-0.05, 0) is 36.1 Å². The van der Waals surface area contributed by atoms with E-state index in [1.807, 2.05) is 35.2 Å². The first-order valence-electron chi connectivity index (χ1n) is 9.00. The monoisotopic (exact) mass is 336 g/mol. The highest BCUT2D eigenvalue weighted by Gasteiger charge is 2.38. The molecule has 2 heterocycles. The Morgan fingerprint density at radius 2 is 1.84 bits per heavy atom. The average molecular weight is 336 g/mol. The molecule has 1 saturated heterocycles. The second-order valence-electron chi connectivity index (χ2n) is 7.08. The van der Waals surface area contributed by atoms with Gasteiger partial charge in [0.25, 0.3) is 0 Å². The fourth-order valence-corrected chi connectivity index (χ4v) is 4.11. The first-order chi connectivity index (χ1) is 12.3. The van der Waals surface area contributed by atoms with Crippen molar-refractivity contribution in [3.8, 4) is 5.75 Å². The largest absolute Gasteiger partial charge is 0.492 e. The van der Waals surface area contributed by atoms with Crippen LogP contribution < -0.4 is 10.5 Å². The molecule has 1 fully saturated rings. The highest BCUT2D eigenvalue weighted by Crippen LogP contribution is 2.34. The van der Waals surface area contributed by atoms with Crippen molar-refractivity contribution >= 4 is 5.91 Å². The summed E-state index contributed by atoms with van der Waals surface area (Å²) in [5.41, 5.74) is 8.41. The van der Waals surface area contributed by atoms with E-state index >= 15 is 0 Å². The number of fused-ring (bicyclic) bond motifs is 1. The number of nitrogens with two attached hydrogens (primary N) is 1. The minimum Gasteiger partial charge on any atom is -0.492 e. The van der Waals surface area contributed by atoms with Crippen LogP contribution in [0.15, 0.2) is 54.6 Å². The number of rotatable bonds is 3. The van der Waals surface area contributed by atoms with Crippen molar-refractivity contribution in [1.29, 1.82) is 0 Å². The Kier molecular flexibility index (Phi) is 4.45. The molecule has 1 unspecified atom stereocenters. The van der Waals surface area contributed by atoms with Crippen LogP contribution >= 0.6 is 0 Å². The average Bonchev–Trinajstić information content (AvgIpc) is 3.12. The van der Waals surface area contributed by atoms with Crippen molar-refractivity contribution < 1.29 is 9.53 Å². The second kappa shape index (κ2) is 6.89. The SMILES string of the molecule is NC[C@@H]1CN(C(=O)C2COc3ccccc3C2)C[C@H]1c1ccccc1. The molecule has 0 saturated carbocycles. The van der Waals surface area contributed by atoms with E-state index in [0.717, 1.165) is 30.8 Å². The number of hydrogen-bond acceptors (Lipinski definition) is 3. The Morgan fingerprint density at radius 1 is 1.08 bits per heavy atom. The van der Waals surface area contributed by atoms with Crippen LogP contribution in [0, 0.1) is 11.8 Å². The summed E-state index contributed by atoms with van der Waals surface area (Å²) in [6.07, 6.45) is 0.759. The third-order valence-corrected chi connectivity index (χ3v) is 5.51. The predicted molar refractivity (Wildman–Crippen MR) is 97.4 cm³/mol. The maximum atomic E-state index is 13.1. The smallest absolute Gasteiger partial charge is 0.229 e. The zero-order valence-electron chi connectivity index (χ0n) is 14.3. The molecular weight excluding hydrogens is 312 g/mol. The number of nitrogens with zero attached hydrogens (tertiary/aromatic N) is 1. The molecule has 130 valence electrons. The number of hydrogen-bond donors (Lipinski definition) is 1. The molecule has 4 heteroatoms. The third kappa shape index (κ3) is 3.14. The molecule has 0 bridgehead atoms. The van der Waals surface area contributed by atoms with Crippen LogP contribution in [0.25, 0.3) is 0 Å². The van der Waals surface area contributed by atoms with Crippen LogP contribution in [0.3, 0.4) is 0 Å². The minimum atomic E-state index is -0.0946. The van der Waals surface area contributed by atoms with Crippen molar-refractivity contribution in [3.05, 3.63) is 65.7 Å². The van der Waals surface area contributed by atoms with Crippen LogP contribution in [-0.4, -0.2) is 37.0 Å². The van der Waals surface area contributed by atoms with Crippen LogP contribution in [0.5, 0.6) is 5.75 Å². The van der Waals surface area contributed by atoms with Crippen LogP contribution in [0.4, 0.5) is 0 Å². The third-order valence-electron chi connectivity index (χ3n) is 5.51. The van der Waals surface area contributed by atoms with Gasteiger partial charge < -0.3 is 15.4 Å². The maximum absolute atomic E-state index is 13.1. The molecule has 0 radical (unpaired) electrons. The number of carbonyl (C=O) groups is 1. The lowest BCUT2D eigenvalue weighted by Gasteiger charge is -2.28. The van der Waals surface area contributed by atoms with E-state index in [0.29, 0.717) is 25.0 Å². The molecule has 4 rings (SSSR count). The maximum Gasteiger partial charge on any atom is 0.229 e. The second-order valence-corrected chi connectivity index (χ2v) is 7.08. The number of para-hydroxylation sites is 1. The summed E-state index contributed by atoms with van der Waals surface area (Å²) in [5.74, 6) is 1.67. The van der Waals surface area contributed by atoms with Gasteiger partial charge in [-0.2, -0.15) is 0 Å². The molecule has 2 aliphatic heterocycles. The lowest BCUT2D eigenvalue weighted by atomic mass is 9.89. The van der Waals surface area contributed by atoms with Gasteiger partial charge in [0, 0.05) is 19.0 Å². The molecule has 3 atom stereocenters. The van der Waals surface area contributed by atoms with Crippen molar-refractivity contribution in [2.24, 2.45) is 17.6 Å². The minimum absolute atomic E-state index is 0.0946. The number of likely N-dealkylation sites (tertiary alicyclic amines) is 1. The summed E-state index contributed by atoms with van der Waals surface area (Å²) >= 11 is 0. The fraction of sp³-hybridized carbons (Fsp3) is 0.381. The molecule has 0 spiro atoms. The summed E-state index contributed by atoms with van der Waals surface area (Å²) in [6, 6.07) is 18.4. The Morgan fingerprint density at radius 3 is 2.64 bits per heavy atom. The predicted octanol–water partition coefficient (Wildman–Crippen LogP) is 2.44. The van der Waals surface area contributed by atoms with E-state index in [-0.39, 0.29) is 11.8 Å². The standard InChI is InChI=1S/C21H24N2O2/c22-11-18-12-23(13-19(18)15-6-2-1-3-7-15)21(24)17-10-16-8-4-5-9-20(16)25-14-17/h1-9,17-19H,10-14,22H2/t17?,18-,19+/m1/s1. The van der Waals surface area contributed by atoms with E-state index < -0.39 is 0 Å². The highest BCUT2D eigenvalue weighted by atomic mass is 16.5. The van der Waals surface area contributed by atoms with Crippen molar-refractivity contribution in [2.75, 3.05) is 26.2 Å². The van der Waals surface area contributed by atoms with Crippen molar-refractivity contribution in [3.63, 3.8) is 0 Å². The zero-order valence-corrected chi connectivity index (χ0v) is 14.3. The van der Waals surface area contributed by atoms with Crippen LogP contribution in [0.1, 0.15) is 17.0 Å². The van der Waals surface area contributed by atoms with Gasteiger partial charge in [-0.3, -0.25) is 4.79 Å². The van der Waals surface area contributed by atoms with Crippen molar-refractivity contribution in [1.82, 2.24) is 4.90 Å². The normalized spacial score (nSPS) is 25.3. The summed E-state index contributed by atoms with van der Waals surface area (Å²) in [5, 5.41) is 0. The van der Waals surface area contributed by atoms with Gasteiger partial charge in [-0.15, -0.1) is 0 Å². The van der Waals surface area contributed by atoms with Gasteiger partial charge in [-0.1, -0.05) is 48.5 Å². The van der Waals surface area contributed by atoms with Crippen LogP contribution in [-0.2, 0) is 11.2 Å². The highest BCUT2D eigenvalue weighted by molar-refractivity contribution is 5.80. The van der Waals surface area contributed by atoms with Gasteiger partial charge in [-0.25, -0.2) is 0 Å². The number of amides is 1. The van der Waals surface area contributed by atoms with E-state index in [1.165, 1.54) is 5.56 Å². The Bertz CT molecular complexity index is 747. The molecule has 2 aromatic rings. The molecule has 0 aliphatic carbocycles. The summed E-state index contributed by atoms with van der Waals surface area (Å²) in [4.78, 5) is 15.1. The van der Waals surface area contributed by atoms with E-state index in [4.69, 9.17) is 10.5 Å². The number of benzene rings is 2. The lowest BCUT2D eigenvalue weighted by molar-refractivity contribution is -0.136. The zero-order chi connectivity index (χ0) is 17.2. The topological polar surface area (TPSA) is 55.6 Å². The Labute approximate surface area is 148 Å². The van der Waals surface area contributed by atoms with Gasteiger partial charge in [0.1, 0.15) is 12.4 Å². The van der Waals surface area contributed by atoms with Gasteiger partial charge in [0.2, 0.25) is 5.91 Å². The van der Waals surface area contributed by atoms with E-state index in [1.54, 1.807) is 0 Å². The Balaban J connectivity index is 1.48. The molecule has 0 aromatic heterocycles. The summed E-state index contributed by atoms with van der Waals surface area (Å²) < 4.78 is 5.81. The number of carbonyl (C=O) groups excluding carboxylic acids is 1. The van der Waals surface area contributed by atoms with E-state index in [2.05, 4.69) is 24.3 Å². The Hall–Kier alpha value is -2.33. The molecule has 2 N–H and O–H groups in total.